The molecule has 0 aromatic carbocycles. The Morgan fingerprint density at radius 2 is 2.21 bits per heavy atom. The smallest absolute Gasteiger partial charge is 0.250 e. The summed E-state index contributed by atoms with van der Waals surface area (Å²) in [5, 5.41) is 9.00. The number of pyridine rings is 1. The summed E-state index contributed by atoms with van der Waals surface area (Å²) in [6, 6.07) is 9.22. The van der Waals surface area contributed by atoms with E-state index >= 15 is 0 Å². The Morgan fingerprint density at radius 1 is 1.29 bits per heavy atom. The molecule has 0 aliphatic heterocycles. The van der Waals surface area contributed by atoms with Crippen molar-refractivity contribution in [2.45, 2.75) is 13.0 Å². The first-order valence-corrected chi connectivity index (χ1v) is 8.28. The summed E-state index contributed by atoms with van der Waals surface area (Å²) in [4.78, 5) is 22.2. The number of imidazole rings is 1. The fraction of sp³-hybridized carbons (Fsp3) is 0.125. The van der Waals surface area contributed by atoms with Gasteiger partial charge in [-0.1, -0.05) is 12.1 Å². The highest BCUT2D eigenvalue weighted by Crippen LogP contribution is 2.32. The molecule has 120 valence electrons. The minimum absolute atomic E-state index is 0.177. The highest BCUT2D eigenvalue weighted by Gasteiger charge is 2.21. The molecule has 8 heteroatoms. The van der Waals surface area contributed by atoms with E-state index in [1.165, 1.54) is 17.3 Å². The molecule has 0 unspecified atom stereocenters. The van der Waals surface area contributed by atoms with Crippen LogP contribution in [0, 0.1) is 0 Å². The molecule has 1 amide bonds. The first kappa shape index (κ1) is 14.6. The molecule has 0 spiro atoms. The van der Waals surface area contributed by atoms with Gasteiger partial charge in [0.1, 0.15) is 35.9 Å². The molecular formula is C16H14N6OS. The predicted molar refractivity (Wildman–Crippen MR) is 91.9 cm³/mol. The number of nitrogens with one attached hydrogen (secondary N) is 1. The molecule has 0 fully saturated rings. The van der Waals surface area contributed by atoms with Gasteiger partial charge in [-0.05, 0) is 30.5 Å². The lowest BCUT2D eigenvalue weighted by Crippen LogP contribution is -2.24. The maximum absolute atomic E-state index is 12.6. The van der Waals surface area contributed by atoms with E-state index in [1.54, 1.807) is 18.3 Å². The molecule has 0 aliphatic rings. The average molecular weight is 338 g/mol. The van der Waals surface area contributed by atoms with Crippen molar-refractivity contribution in [3.63, 3.8) is 0 Å². The number of hydrogen-bond acceptors (Lipinski definition) is 5. The van der Waals surface area contributed by atoms with Crippen molar-refractivity contribution in [1.29, 1.82) is 0 Å². The summed E-state index contributed by atoms with van der Waals surface area (Å²) in [7, 11) is 0. The van der Waals surface area contributed by atoms with E-state index < -0.39 is 6.04 Å². The molecule has 1 atom stereocenters. The van der Waals surface area contributed by atoms with Crippen LogP contribution in [0.25, 0.3) is 16.2 Å². The van der Waals surface area contributed by atoms with Gasteiger partial charge in [-0.2, -0.15) is 5.10 Å². The molecular weight excluding hydrogens is 324 g/mol. The highest BCUT2D eigenvalue weighted by atomic mass is 32.1. The van der Waals surface area contributed by atoms with Gasteiger partial charge in [0.2, 0.25) is 5.91 Å². The summed E-state index contributed by atoms with van der Waals surface area (Å²) in [6.45, 7) is 1.78. The molecule has 4 aromatic rings. The second-order valence-electron chi connectivity index (χ2n) is 5.26. The minimum atomic E-state index is -0.474. The van der Waals surface area contributed by atoms with Crippen LogP contribution in [-0.2, 0) is 4.79 Å². The van der Waals surface area contributed by atoms with Crippen molar-refractivity contribution in [3.8, 4) is 10.6 Å². The number of rotatable bonds is 4. The zero-order valence-electron chi connectivity index (χ0n) is 12.8. The molecule has 4 rings (SSSR count). The van der Waals surface area contributed by atoms with Crippen LogP contribution in [-0.4, -0.2) is 30.1 Å². The van der Waals surface area contributed by atoms with Crippen LogP contribution in [0.2, 0.25) is 0 Å². The number of carbonyl (C=O) groups is 1. The van der Waals surface area contributed by atoms with E-state index in [0.717, 1.165) is 16.2 Å². The molecule has 4 aromatic heterocycles. The zero-order chi connectivity index (χ0) is 16.5. The lowest BCUT2D eigenvalue weighted by molar-refractivity contribution is -0.119. The molecule has 0 aliphatic carbocycles. The number of thiophene rings is 1. The Morgan fingerprint density at radius 3 is 2.96 bits per heavy atom. The first-order valence-electron chi connectivity index (χ1n) is 7.40. The molecule has 0 saturated heterocycles. The van der Waals surface area contributed by atoms with Crippen molar-refractivity contribution in [3.05, 3.63) is 54.6 Å². The largest absolute Gasteiger partial charge is 0.308 e. The highest BCUT2D eigenvalue weighted by molar-refractivity contribution is 7.13. The van der Waals surface area contributed by atoms with Gasteiger partial charge in [-0.3, -0.25) is 9.20 Å². The van der Waals surface area contributed by atoms with E-state index in [9.17, 15) is 4.79 Å². The number of aromatic nitrogens is 5. The van der Waals surface area contributed by atoms with Gasteiger partial charge < -0.3 is 5.32 Å². The van der Waals surface area contributed by atoms with Crippen LogP contribution in [0.1, 0.15) is 13.0 Å². The Labute approximate surface area is 141 Å². The number of carbonyl (C=O) groups excluding carboxylic acids is 1. The summed E-state index contributed by atoms with van der Waals surface area (Å²) in [5.74, 6) is 0.481. The third-order valence-corrected chi connectivity index (χ3v) is 4.62. The fourth-order valence-corrected chi connectivity index (χ4v) is 3.17. The normalized spacial score (nSPS) is 12.4. The van der Waals surface area contributed by atoms with E-state index in [-0.39, 0.29) is 5.91 Å². The number of hydrogen-bond donors (Lipinski definition) is 1. The molecule has 7 nitrogen and oxygen atoms in total. The van der Waals surface area contributed by atoms with Gasteiger partial charge in [0.05, 0.1) is 4.88 Å². The topological polar surface area (TPSA) is 77.1 Å². The predicted octanol–water partition coefficient (Wildman–Crippen LogP) is 2.85. The van der Waals surface area contributed by atoms with Crippen LogP contribution < -0.4 is 5.32 Å². The van der Waals surface area contributed by atoms with Gasteiger partial charge in [0, 0.05) is 6.20 Å². The number of anilines is 1. The summed E-state index contributed by atoms with van der Waals surface area (Å²) in [6.07, 6.45) is 4.82. The van der Waals surface area contributed by atoms with Gasteiger partial charge >= 0.3 is 0 Å². The molecule has 4 heterocycles. The molecule has 0 saturated carbocycles. The third-order valence-electron chi connectivity index (χ3n) is 3.74. The Kier molecular flexibility index (Phi) is 3.58. The van der Waals surface area contributed by atoms with E-state index in [2.05, 4.69) is 20.4 Å². The molecule has 24 heavy (non-hydrogen) atoms. The van der Waals surface area contributed by atoms with Crippen molar-refractivity contribution < 1.29 is 4.79 Å². The average Bonchev–Trinajstić information content (AvgIpc) is 3.35. The fourth-order valence-electron chi connectivity index (χ4n) is 2.46. The van der Waals surface area contributed by atoms with Gasteiger partial charge in [-0.25, -0.2) is 14.6 Å². The number of nitrogens with zero attached hydrogens (tertiary/aromatic N) is 5. The van der Waals surface area contributed by atoms with Crippen LogP contribution in [0.3, 0.4) is 0 Å². The maximum Gasteiger partial charge on any atom is 0.250 e. The van der Waals surface area contributed by atoms with Gasteiger partial charge in [0.15, 0.2) is 0 Å². The SMILES string of the molecule is C[C@@H](C(=O)Nc1c(-c2cccs2)nc2ccccn12)n1cncn1. The summed E-state index contributed by atoms with van der Waals surface area (Å²) in [5.41, 5.74) is 1.54. The van der Waals surface area contributed by atoms with E-state index in [1.807, 2.05) is 46.3 Å². The summed E-state index contributed by atoms with van der Waals surface area (Å²) >= 11 is 1.58. The van der Waals surface area contributed by atoms with E-state index in [4.69, 9.17) is 0 Å². The third kappa shape index (κ3) is 2.46. The van der Waals surface area contributed by atoms with Crippen molar-refractivity contribution in [2.75, 3.05) is 5.32 Å². The van der Waals surface area contributed by atoms with Crippen molar-refractivity contribution >= 4 is 28.7 Å². The number of amides is 1. The van der Waals surface area contributed by atoms with Crippen LogP contribution in [0.15, 0.2) is 54.6 Å². The van der Waals surface area contributed by atoms with Gasteiger partial charge in [0.25, 0.3) is 0 Å². The van der Waals surface area contributed by atoms with Crippen molar-refractivity contribution in [2.24, 2.45) is 0 Å². The minimum Gasteiger partial charge on any atom is -0.308 e. The lowest BCUT2D eigenvalue weighted by Gasteiger charge is -2.12. The van der Waals surface area contributed by atoms with Crippen molar-refractivity contribution in [1.82, 2.24) is 24.1 Å². The Bertz CT molecular complexity index is 974. The molecule has 0 radical (unpaired) electrons. The van der Waals surface area contributed by atoms with Crippen LogP contribution in [0.5, 0.6) is 0 Å². The van der Waals surface area contributed by atoms with Crippen LogP contribution in [0.4, 0.5) is 5.82 Å². The molecule has 0 bridgehead atoms. The monoisotopic (exact) mass is 338 g/mol. The van der Waals surface area contributed by atoms with Gasteiger partial charge in [-0.15, -0.1) is 11.3 Å². The Hall–Kier alpha value is -3.00. The van der Waals surface area contributed by atoms with E-state index in [0.29, 0.717) is 5.82 Å². The Balaban J connectivity index is 1.75. The second-order valence-corrected chi connectivity index (χ2v) is 6.20. The first-order chi connectivity index (χ1) is 11.7. The number of fused-ring (bicyclic) bond motifs is 1. The van der Waals surface area contributed by atoms with Crippen LogP contribution >= 0.6 is 11.3 Å². The zero-order valence-corrected chi connectivity index (χ0v) is 13.6. The maximum atomic E-state index is 12.6. The summed E-state index contributed by atoms with van der Waals surface area (Å²) < 4.78 is 3.39. The lowest BCUT2D eigenvalue weighted by atomic mass is 10.3. The standard InChI is InChI=1S/C16H14N6OS/c1-11(22-10-17-9-18-22)16(23)20-15-14(12-5-4-8-24-12)19-13-6-2-3-7-21(13)15/h2-11H,1H3,(H,20,23)/t11-/m0/s1. The quantitative estimate of drug-likeness (QED) is 0.621. The second kappa shape index (κ2) is 5.89. The molecule has 1 N–H and O–H groups in total.